The lowest BCUT2D eigenvalue weighted by Crippen LogP contribution is -2.46. The Kier molecular flexibility index (Phi) is 6.97. The molecule has 0 bridgehead atoms. The molecule has 1 atom stereocenters. The number of aliphatic imine (C=N–C) groups is 2. The van der Waals surface area contributed by atoms with Gasteiger partial charge in [-0.1, -0.05) is 48.5 Å². The topological polar surface area (TPSA) is 107 Å². The molecule has 36 heavy (non-hydrogen) atoms. The Bertz CT molecular complexity index is 1440. The highest BCUT2D eigenvalue weighted by molar-refractivity contribution is 7.86. The highest BCUT2D eigenvalue weighted by atomic mass is 35.5. The first-order chi connectivity index (χ1) is 16.8. The third-order valence-electron chi connectivity index (χ3n) is 6.11. The van der Waals surface area contributed by atoms with E-state index >= 15 is 0 Å². The Morgan fingerprint density at radius 1 is 0.944 bits per heavy atom. The van der Waals surface area contributed by atoms with Crippen molar-refractivity contribution in [2.45, 2.75) is 12.0 Å². The summed E-state index contributed by atoms with van der Waals surface area (Å²) in [5, 5.41) is 0. The zero-order valence-electron chi connectivity index (χ0n) is 19.9. The zero-order valence-corrected chi connectivity index (χ0v) is 21.6. The number of guanidine groups is 1. The van der Waals surface area contributed by atoms with E-state index in [1.54, 1.807) is 6.07 Å². The molecule has 0 amide bonds. The van der Waals surface area contributed by atoms with Gasteiger partial charge in [0.15, 0.2) is 11.5 Å². The summed E-state index contributed by atoms with van der Waals surface area (Å²) in [5.74, 6) is 1.92. The van der Waals surface area contributed by atoms with Gasteiger partial charge in [-0.15, -0.1) is 12.4 Å². The van der Waals surface area contributed by atoms with Crippen LogP contribution in [0.15, 0.2) is 82.8 Å². The Hall–Kier alpha value is -3.56. The Morgan fingerprint density at radius 3 is 2.39 bits per heavy atom. The van der Waals surface area contributed by atoms with Crippen molar-refractivity contribution >= 4 is 34.3 Å². The van der Waals surface area contributed by atoms with Gasteiger partial charge in [0, 0.05) is 19.2 Å². The van der Waals surface area contributed by atoms with Gasteiger partial charge >= 0.3 is 10.1 Å². The van der Waals surface area contributed by atoms with Crippen LogP contribution in [0.3, 0.4) is 0 Å². The molecule has 2 aliphatic rings. The Labute approximate surface area is 217 Å². The van der Waals surface area contributed by atoms with Crippen molar-refractivity contribution < 1.29 is 17.3 Å². The lowest BCUT2D eigenvalue weighted by Gasteiger charge is -2.33. The number of ether oxygens (including phenoxy) is 1. The second-order valence-electron chi connectivity index (χ2n) is 8.52. The fraction of sp³-hybridized carbons (Fsp3) is 0.231. The molecule has 10 heteroatoms. The van der Waals surface area contributed by atoms with E-state index in [9.17, 15) is 8.42 Å². The lowest BCUT2D eigenvalue weighted by molar-refractivity contribution is 0.412. The van der Waals surface area contributed by atoms with Gasteiger partial charge in [0.25, 0.3) is 0 Å². The van der Waals surface area contributed by atoms with E-state index in [1.807, 2.05) is 65.6 Å². The summed E-state index contributed by atoms with van der Waals surface area (Å²) in [4.78, 5) is 11.9. The van der Waals surface area contributed by atoms with Crippen molar-refractivity contribution in [3.05, 3.63) is 83.9 Å². The van der Waals surface area contributed by atoms with Crippen LogP contribution < -0.4 is 14.7 Å². The molecule has 2 aliphatic heterocycles. The van der Waals surface area contributed by atoms with Crippen LogP contribution in [-0.2, 0) is 15.7 Å². The first kappa shape index (κ1) is 25.5. The summed E-state index contributed by atoms with van der Waals surface area (Å²) in [6.07, 6.45) is 1.92. The molecule has 188 valence electrons. The highest BCUT2D eigenvalue weighted by Crippen LogP contribution is 2.42. The molecule has 3 aromatic rings. The van der Waals surface area contributed by atoms with E-state index in [1.165, 1.54) is 13.2 Å². The van der Waals surface area contributed by atoms with E-state index in [0.717, 1.165) is 47.3 Å². The minimum atomic E-state index is -3.70. The van der Waals surface area contributed by atoms with Crippen LogP contribution in [0.1, 0.15) is 17.5 Å². The van der Waals surface area contributed by atoms with E-state index in [2.05, 4.69) is 0 Å². The molecular weight excluding hydrogens is 500 g/mol. The predicted molar refractivity (Wildman–Crippen MR) is 144 cm³/mol. The minimum Gasteiger partial charge on any atom is -0.497 e. The molecular formula is C26H27ClN4O4S. The maximum Gasteiger partial charge on any atom is 0.306 e. The van der Waals surface area contributed by atoms with Crippen molar-refractivity contribution in [2.75, 3.05) is 26.5 Å². The molecule has 1 unspecified atom stereocenters. The summed E-state index contributed by atoms with van der Waals surface area (Å²) in [7, 11) is -2.17. The number of methoxy groups -OCH3 is 1. The highest BCUT2D eigenvalue weighted by Gasteiger charge is 2.49. The van der Waals surface area contributed by atoms with Gasteiger partial charge in [-0.3, -0.25) is 9.89 Å². The maximum absolute atomic E-state index is 11.7. The average molecular weight is 527 g/mol. The van der Waals surface area contributed by atoms with Crippen LogP contribution in [-0.4, -0.2) is 51.6 Å². The van der Waals surface area contributed by atoms with Crippen molar-refractivity contribution in [1.82, 2.24) is 4.90 Å². The van der Waals surface area contributed by atoms with Crippen LogP contribution in [0.5, 0.6) is 11.5 Å². The fourth-order valence-electron chi connectivity index (χ4n) is 4.66. The largest absolute Gasteiger partial charge is 0.497 e. The molecule has 0 fully saturated rings. The third kappa shape index (κ3) is 4.64. The molecule has 2 N–H and O–H groups in total. The lowest BCUT2D eigenvalue weighted by atomic mass is 9.81. The number of halogens is 1. The summed E-state index contributed by atoms with van der Waals surface area (Å²) in [5.41, 5.74) is 8.99. The number of fused-ring (bicyclic) bond motifs is 1. The van der Waals surface area contributed by atoms with E-state index in [-0.39, 0.29) is 18.2 Å². The number of rotatable bonds is 6. The van der Waals surface area contributed by atoms with Crippen molar-refractivity contribution in [2.24, 2.45) is 15.7 Å². The van der Waals surface area contributed by atoms with Gasteiger partial charge in [-0.25, -0.2) is 4.99 Å². The number of nitrogens with zero attached hydrogens (tertiary/aromatic N) is 3. The molecule has 3 aromatic carbocycles. The van der Waals surface area contributed by atoms with Crippen LogP contribution in [0, 0.1) is 0 Å². The van der Waals surface area contributed by atoms with Crippen LogP contribution in [0.25, 0.3) is 11.1 Å². The molecule has 0 radical (unpaired) electrons. The fourth-order valence-corrected chi connectivity index (χ4v) is 5.10. The number of amidine groups is 1. The summed E-state index contributed by atoms with van der Waals surface area (Å²) in [6, 6.07) is 23.0. The monoisotopic (exact) mass is 526 g/mol. The molecule has 0 saturated carbocycles. The standard InChI is InChI=1S/C26H26N4O4S.ClH/c1-33-22-15-19(16-23(17-22)34-35(2,31)32)18-8-6-11-21(14-18)26(20-9-4-3-5-10-20)24-28-12-7-13-30(24)25(27)29-26;/h3-6,8-11,14-17H,7,12-13H2,1-2H3,(H2,27,29);1H. The molecule has 8 nitrogen and oxygen atoms in total. The average Bonchev–Trinajstić information content (AvgIpc) is 3.17. The summed E-state index contributed by atoms with van der Waals surface area (Å²) in [6.45, 7) is 1.48. The van der Waals surface area contributed by atoms with Crippen LogP contribution in [0.2, 0.25) is 0 Å². The van der Waals surface area contributed by atoms with Crippen molar-refractivity contribution in [3.8, 4) is 22.6 Å². The number of benzene rings is 3. The second kappa shape index (κ2) is 9.83. The second-order valence-corrected chi connectivity index (χ2v) is 10.1. The summed E-state index contributed by atoms with van der Waals surface area (Å²) >= 11 is 0. The minimum absolute atomic E-state index is 0. The molecule has 0 spiro atoms. The number of hydrogen-bond donors (Lipinski definition) is 1. The normalized spacial score (nSPS) is 19.0. The molecule has 0 saturated heterocycles. The Balaban J connectivity index is 0.00000304. The van der Waals surface area contributed by atoms with Gasteiger partial charge in [0.2, 0.25) is 0 Å². The number of hydrogen-bond acceptors (Lipinski definition) is 8. The van der Waals surface area contributed by atoms with Gasteiger partial charge in [0.05, 0.1) is 13.4 Å². The molecule has 5 rings (SSSR count). The van der Waals surface area contributed by atoms with Gasteiger partial charge in [0.1, 0.15) is 17.3 Å². The van der Waals surface area contributed by atoms with E-state index in [4.69, 9.17) is 24.6 Å². The first-order valence-corrected chi connectivity index (χ1v) is 13.0. The quantitative estimate of drug-likeness (QED) is 0.490. The van der Waals surface area contributed by atoms with Gasteiger partial charge in [-0.05, 0) is 46.9 Å². The molecule has 0 aliphatic carbocycles. The third-order valence-corrected chi connectivity index (χ3v) is 6.60. The summed E-state index contributed by atoms with van der Waals surface area (Å²) < 4.78 is 34.0. The van der Waals surface area contributed by atoms with Crippen LogP contribution >= 0.6 is 12.4 Å². The van der Waals surface area contributed by atoms with E-state index < -0.39 is 15.7 Å². The van der Waals surface area contributed by atoms with E-state index in [0.29, 0.717) is 18.3 Å². The predicted octanol–water partition coefficient (Wildman–Crippen LogP) is 3.80. The van der Waals surface area contributed by atoms with Gasteiger partial charge < -0.3 is 14.7 Å². The van der Waals surface area contributed by atoms with Crippen molar-refractivity contribution in [3.63, 3.8) is 0 Å². The number of nitrogens with two attached hydrogens (primary N) is 1. The maximum atomic E-state index is 11.7. The molecule has 2 heterocycles. The molecule has 0 aromatic heterocycles. The zero-order chi connectivity index (χ0) is 24.6. The first-order valence-electron chi connectivity index (χ1n) is 11.2. The SMILES string of the molecule is COc1cc(OS(C)(=O)=O)cc(-c2cccc(C3(c4ccccc4)N=C(N)N4CCCN=C43)c2)c1.Cl. The Morgan fingerprint density at radius 2 is 1.67 bits per heavy atom. The van der Waals surface area contributed by atoms with Gasteiger partial charge in [-0.2, -0.15) is 8.42 Å². The van der Waals surface area contributed by atoms with Crippen LogP contribution in [0.4, 0.5) is 0 Å². The van der Waals surface area contributed by atoms with Crippen molar-refractivity contribution in [1.29, 1.82) is 0 Å². The smallest absolute Gasteiger partial charge is 0.306 e.